The molecule has 2 atom stereocenters. The molecule has 6 nitrogen and oxygen atoms in total. The molecule has 0 spiro atoms. The van der Waals surface area contributed by atoms with Crippen LogP contribution < -0.4 is 5.73 Å². The van der Waals surface area contributed by atoms with E-state index < -0.39 is 0 Å². The van der Waals surface area contributed by atoms with Crippen molar-refractivity contribution in [3.8, 4) is 0 Å². The van der Waals surface area contributed by atoms with Crippen molar-refractivity contribution in [2.24, 2.45) is 5.73 Å². The highest BCUT2D eigenvalue weighted by atomic mass is 32.2. The van der Waals surface area contributed by atoms with Crippen LogP contribution in [0.5, 0.6) is 0 Å². The molecule has 0 radical (unpaired) electrons. The molecule has 7 heteroatoms. The molecule has 0 aliphatic carbocycles. The van der Waals surface area contributed by atoms with E-state index in [-0.39, 0.29) is 36.4 Å². The molecule has 2 amide bonds. The zero-order chi connectivity index (χ0) is 13.5. The number of thioether (sulfide) groups is 1. The van der Waals surface area contributed by atoms with Crippen LogP contribution in [-0.4, -0.2) is 65.2 Å². The Balaban J connectivity index is 2.29. The first kappa shape index (κ1) is 15.3. The number of nitrogens with zero attached hydrogens (tertiary/aromatic N) is 1. The van der Waals surface area contributed by atoms with Crippen LogP contribution in [-0.2, 0) is 14.3 Å². The van der Waals surface area contributed by atoms with Crippen LogP contribution in [0.3, 0.4) is 0 Å². The van der Waals surface area contributed by atoms with Gasteiger partial charge < -0.3 is 20.5 Å². The lowest BCUT2D eigenvalue weighted by Gasteiger charge is -2.36. The van der Waals surface area contributed by atoms with Crippen LogP contribution in [0.25, 0.3) is 0 Å². The Hall–Kier alpha value is -0.790. The maximum atomic E-state index is 11.9. The van der Waals surface area contributed by atoms with Gasteiger partial charge in [-0.25, -0.2) is 0 Å². The second-order valence-corrected chi connectivity index (χ2v) is 5.42. The van der Waals surface area contributed by atoms with E-state index in [1.165, 1.54) is 11.8 Å². The van der Waals surface area contributed by atoms with Crippen molar-refractivity contribution in [3.05, 3.63) is 0 Å². The van der Waals surface area contributed by atoms with Crippen molar-refractivity contribution < 1.29 is 19.4 Å². The molecule has 3 N–H and O–H groups in total. The van der Waals surface area contributed by atoms with Crippen LogP contribution in [0.2, 0.25) is 0 Å². The Morgan fingerprint density at radius 3 is 2.83 bits per heavy atom. The summed E-state index contributed by atoms with van der Waals surface area (Å²) in [6.45, 7) is 2.78. The first-order chi connectivity index (χ1) is 8.52. The van der Waals surface area contributed by atoms with Gasteiger partial charge in [-0.05, 0) is 6.92 Å². The Kier molecular flexibility index (Phi) is 6.45. The number of carbonyl (C=O) groups is 2. The molecule has 1 rings (SSSR count). The summed E-state index contributed by atoms with van der Waals surface area (Å²) in [5.74, 6) is 0.483. The zero-order valence-electron chi connectivity index (χ0n) is 10.5. The summed E-state index contributed by atoms with van der Waals surface area (Å²) < 4.78 is 5.46. The SMILES string of the molecule is CC1CN(C(=O)CCSCC(N)=O)CC(CO)O1. The molecule has 1 heterocycles. The molecule has 0 bridgehead atoms. The largest absolute Gasteiger partial charge is 0.394 e. The Bertz CT molecular complexity index is 301. The number of hydrogen-bond donors (Lipinski definition) is 2. The van der Waals surface area contributed by atoms with E-state index in [1.54, 1.807) is 4.90 Å². The Morgan fingerprint density at radius 1 is 1.50 bits per heavy atom. The summed E-state index contributed by atoms with van der Waals surface area (Å²) in [7, 11) is 0. The quantitative estimate of drug-likeness (QED) is 0.620. The summed E-state index contributed by atoms with van der Waals surface area (Å²) in [6, 6.07) is 0. The maximum absolute atomic E-state index is 11.9. The highest BCUT2D eigenvalue weighted by Crippen LogP contribution is 2.13. The standard InChI is InChI=1S/C11H20N2O4S/c1-8-4-13(5-9(6-14)17-8)11(16)2-3-18-7-10(12)15/h8-9,14H,2-7H2,1H3,(H2,12,15). The maximum Gasteiger partial charge on any atom is 0.227 e. The van der Waals surface area contributed by atoms with Crippen LogP contribution >= 0.6 is 11.8 Å². The average Bonchev–Trinajstić information content (AvgIpc) is 2.33. The first-order valence-corrected chi connectivity index (χ1v) is 7.08. The lowest BCUT2D eigenvalue weighted by molar-refractivity contribution is -0.146. The van der Waals surface area contributed by atoms with Crippen molar-refractivity contribution in [3.63, 3.8) is 0 Å². The van der Waals surface area contributed by atoms with Gasteiger partial charge in [0.1, 0.15) is 0 Å². The van der Waals surface area contributed by atoms with E-state index in [9.17, 15) is 9.59 Å². The molecular weight excluding hydrogens is 256 g/mol. The van der Waals surface area contributed by atoms with Crippen molar-refractivity contribution in [1.82, 2.24) is 4.90 Å². The zero-order valence-corrected chi connectivity index (χ0v) is 11.3. The van der Waals surface area contributed by atoms with Crippen molar-refractivity contribution in [2.45, 2.75) is 25.6 Å². The molecule has 0 saturated carbocycles. The lowest BCUT2D eigenvalue weighted by atomic mass is 10.2. The molecule has 1 fully saturated rings. The number of aliphatic hydroxyl groups excluding tert-OH is 1. The van der Waals surface area contributed by atoms with Crippen LogP contribution in [0.15, 0.2) is 0 Å². The Morgan fingerprint density at radius 2 is 2.22 bits per heavy atom. The lowest BCUT2D eigenvalue weighted by Crippen LogP contribution is -2.50. The number of ether oxygens (including phenoxy) is 1. The van der Waals surface area contributed by atoms with Gasteiger partial charge >= 0.3 is 0 Å². The van der Waals surface area contributed by atoms with Gasteiger partial charge in [0.05, 0.1) is 24.6 Å². The number of primary amides is 1. The molecule has 0 aromatic rings. The van der Waals surface area contributed by atoms with E-state index in [2.05, 4.69) is 0 Å². The number of morpholine rings is 1. The third-order valence-electron chi connectivity index (χ3n) is 2.59. The van der Waals surface area contributed by atoms with Crippen LogP contribution in [0.1, 0.15) is 13.3 Å². The smallest absolute Gasteiger partial charge is 0.227 e. The molecule has 2 unspecified atom stereocenters. The molecule has 18 heavy (non-hydrogen) atoms. The molecule has 0 aromatic heterocycles. The number of hydrogen-bond acceptors (Lipinski definition) is 5. The predicted octanol–water partition coefficient (Wildman–Crippen LogP) is -0.797. The first-order valence-electron chi connectivity index (χ1n) is 5.93. The minimum absolute atomic E-state index is 0.0283. The fourth-order valence-corrected chi connectivity index (χ4v) is 2.50. The van der Waals surface area contributed by atoms with E-state index >= 15 is 0 Å². The second kappa shape index (κ2) is 7.60. The van der Waals surface area contributed by atoms with Gasteiger partial charge in [0.15, 0.2) is 0 Å². The summed E-state index contributed by atoms with van der Waals surface area (Å²) in [5.41, 5.74) is 5.01. The highest BCUT2D eigenvalue weighted by molar-refractivity contribution is 7.99. The normalized spacial score (nSPS) is 24.0. The van der Waals surface area contributed by atoms with Crippen molar-refractivity contribution >= 4 is 23.6 Å². The fourth-order valence-electron chi connectivity index (χ4n) is 1.84. The predicted molar refractivity (Wildman–Crippen MR) is 69.1 cm³/mol. The number of carbonyl (C=O) groups excluding carboxylic acids is 2. The third-order valence-corrected chi connectivity index (χ3v) is 3.57. The second-order valence-electron chi connectivity index (χ2n) is 4.32. The minimum Gasteiger partial charge on any atom is -0.394 e. The van der Waals surface area contributed by atoms with Gasteiger partial charge in [-0.1, -0.05) is 0 Å². The molecule has 1 saturated heterocycles. The van der Waals surface area contributed by atoms with Crippen molar-refractivity contribution in [2.75, 3.05) is 31.2 Å². The van der Waals surface area contributed by atoms with Gasteiger partial charge in [-0.3, -0.25) is 9.59 Å². The van der Waals surface area contributed by atoms with Gasteiger partial charge in [0.2, 0.25) is 11.8 Å². The van der Waals surface area contributed by atoms with E-state index in [1.807, 2.05) is 6.92 Å². The van der Waals surface area contributed by atoms with Gasteiger partial charge in [0, 0.05) is 25.3 Å². The molecule has 1 aliphatic heterocycles. The molecular formula is C11H20N2O4S. The number of amides is 2. The van der Waals surface area contributed by atoms with Crippen molar-refractivity contribution in [1.29, 1.82) is 0 Å². The number of rotatable bonds is 6. The fraction of sp³-hybridized carbons (Fsp3) is 0.818. The Labute approximate surface area is 111 Å². The molecule has 1 aliphatic rings. The van der Waals surface area contributed by atoms with Gasteiger partial charge in [-0.15, -0.1) is 0 Å². The highest BCUT2D eigenvalue weighted by Gasteiger charge is 2.27. The van der Waals surface area contributed by atoms with E-state index in [0.717, 1.165) is 0 Å². The topological polar surface area (TPSA) is 92.9 Å². The minimum atomic E-state index is -0.368. The van der Waals surface area contributed by atoms with Gasteiger partial charge in [-0.2, -0.15) is 11.8 Å². The summed E-state index contributed by atoms with van der Waals surface area (Å²) in [4.78, 5) is 24.1. The molecule has 104 valence electrons. The average molecular weight is 276 g/mol. The summed E-state index contributed by atoms with van der Waals surface area (Å²) in [5, 5.41) is 9.07. The number of aliphatic hydroxyl groups is 1. The van der Waals surface area contributed by atoms with Crippen LogP contribution in [0.4, 0.5) is 0 Å². The van der Waals surface area contributed by atoms with Gasteiger partial charge in [0.25, 0.3) is 0 Å². The summed E-state index contributed by atoms with van der Waals surface area (Å²) >= 11 is 1.36. The number of nitrogens with two attached hydrogens (primary N) is 1. The molecule has 0 aromatic carbocycles. The van der Waals surface area contributed by atoms with E-state index in [0.29, 0.717) is 25.3 Å². The monoisotopic (exact) mass is 276 g/mol. The summed E-state index contributed by atoms with van der Waals surface area (Å²) in [6.07, 6.45) is 0.0251. The van der Waals surface area contributed by atoms with E-state index in [4.69, 9.17) is 15.6 Å². The van der Waals surface area contributed by atoms with Crippen LogP contribution in [0, 0.1) is 0 Å². The third kappa shape index (κ3) is 5.24.